The Balaban J connectivity index is 2.24. The standard InChI is InChI=1S/C12H9ClFNO2S2/c1-6-10(11(16)17-2)15-12(18-6)19-7-3-4-9(14)8(13)5-7/h3-5H,1-2H3. The molecule has 0 amide bonds. The number of carbonyl (C=O) groups excluding carboxylic acids is 1. The van der Waals surface area contributed by atoms with Gasteiger partial charge in [0.2, 0.25) is 0 Å². The number of hydrogen-bond acceptors (Lipinski definition) is 5. The van der Waals surface area contributed by atoms with Gasteiger partial charge in [-0.15, -0.1) is 11.3 Å². The van der Waals surface area contributed by atoms with E-state index in [1.165, 1.54) is 42.3 Å². The minimum Gasteiger partial charge on any atom is -0.464 e. The Morgan fingerprint density at radius 1 is 1.53 bits per heavy atom. The van der Waals surface area contributed by atoms with Crippen LogP contribution >= 0.6 is 34.7 Å². The molecule has 0 atom stereocenters. The van der Waals surface area contributed by atoms with Crippen molar-refractivity contribution in [3.8, 4) is 0 Å². The first-order valence-corrected chi connectivity index (χ1v) is 7.21. The summed E-state index contributed by atoms with van der Waals surface area (Å²) < 4.78 is 18.4. The van der Waals surface area contributed by atoms with E-state index in [2.05, 4.69) is 9.72 Å². The van der Waals surface area contributed by atoms with Crippen LogP contribution in [-0.2, 0) is 4.74 Å². The van der Waals surface area contributed by atoms with Gasteiger partial charge in [-0.3, -0.25) is 0 Å². The van der Waals surface area contributed by atoms with Crippen molar-refractivity contribution < 1.29 is 13.9 Å². The zero-order valence-corrected chi connectivity index (χ0v) is 12.5. The van der Waals surface area contributed by atoms with Crippen molar-refractivity contribution in [1.29, 1.82) is 0 Å². The largest absolute Gasteiger partial charge is 0.464 e. The van der Waals surface area contributed by atoms with Crippen LogP contribution < -0.4 is 0 Å². The Morgan fingerprint density at radius 2 is 2.26 bits per heavy atom. The van der Waals surface area contributed by atoms with E-state index in [0.29, 0.717) is 10.0 Å². The molecule has 0 spiro atoms. The molecule has 2 aromatic rings. The summed E-state index contributed by atoms with van der Waals surface area (Å²) in [4.78, 5) is 17.2. The molecule has 0 saturated heterocycles. The lowest BCUT2D eigenvalue weighted by Gasteiger charge is -1.99. The van der Waals surface area contributed by atoms with Gasteiger partial charge in [0, 0.05) is 9.77 Å². The zero-order chi connectivity index (χ0) is 14.0. The summed E-state index contributed by atoms with van der Waals surface area (Å²) in [5, 5.41) is 0.0615. The minimum atomic E-state index is -0.461. The molecular weight excluding hydrogens is 309 g/mol. The monoisotopic (exact) mass is 317 g/mol. The van der Waals surface area contributed by atoms with Crippen LogP contribution in [0.15, 0.2) is 27.4 Å². The average molecular weight is 318 g/mol. The van der Waals surface area contributed by atoms with Gasteiger partial charge in [-0.1, -0.05) is 23.4 Å². The van der Waals surface area contributed by atoms with Crippen LogP contribution in [0.3, 0.4) is 0 Å². The van der Waals surface area contributed by atoms with Gasteiger partial charge in [-0.25, -0.2) is 14.2 Å². The fourth-order valence-corrected chi connectivity index (χ4v) is 3.69. The Labute approximate surface area is 122 Å². The third kappa shape index (κ3) is 3.26. The van der Waals surface area contributed by atoms with Gasteiger partial charge in [-0.05, 0) is 25.1 Å². The van der Waals surface area contributed by atoms with Crippen molar-refractivity contribution in [2.75, 3.05) is 7.11 Å². The molecule has 1 aromatic heterocycles. The number of nitrogens with zero attached hydrogens (tertiary/aromatic N) is 1. The van der Waals surface area contributed by atoms with Gasteiger partial charge in [0.1, 0.15) is 5.82 Å². The van der Waals surface area contributed by atoms with Crippen molar-refractivity contribution in [2.45, 2.75) is 16.2 Å². The van der Waals surface area contributed by atoms with Crippen LogP contribution in [-0.4, -0.2) is 18.1 Å². The number of aryl methyl sites for hydroxylation is 1. The molecular formula is C12H9ClFNO2S2. The zero-order valence-electron chi connectivity index (χ0n) is 10.1. The topological polar surface area (TPSA) is 39.2 Å². The van der Waals surface area contributed by atoms with Crippen molar-refractivity contribution in [3.63, 3.8) is 0 Å². The smallest absolute Gasteiger partial charge is 0.357 e. The first-order chi connectivity index (χ1) is 9.01. The lowest BCUT2D eigenvalue weighted by atomic mass is 10.3. The third-order valence-electron chi connectivity index (χ3n) is 2.25. The van der Waals surface area contributed by atoms with Crippen LogP contribution in [0.2, 0.25) is 5.02 Å². The molecule has 0 unspecified atom stereocenters. The van der Waals surface area contributed by atoms with E-state index in [1.807, 2.05) is 0 Å². The summed E-state index contributed by atoms with van der Waals surface area (Å²) in [5.74, 6) is -0.922. The number of carbonyl (C=O) groups is 1. The summed E-state index contributed by atoms with van der Waals surface area (Å²) in [5.41, 5.74) is 0.309. The Morgan fingerprint density at radius 3 is 2.89 bits per heavy atom. The van der Waals surface area contributed by atoms with Crippen molar-refractivity contribution in [2.24, 2.45) is 0 Å². The first-order valence-electron chi connectivity index (χ1n) is 5.20. The molecule has 0 saturated carbocycles. The van der Waals surface area contributed by atoms with E-state index in [9.17, 15) is 9.18 Å². The minimum absolute atomic E-state index is 0.0615. The van der Waals surface area contributed by atoms with Crippen LogP contribution in [0.4, 0.5) is 4.39 Å². The maximum Gasteiger partial charge on any atom is 0.357 e. The van der Waals surface area contributed by atoms with E-state index in [4.69, 9.17) is 11.6 Å². The second kappa shape index (κ2) is 5.90. The Kier molecular flexibility index (Phi) is 4.44. The second-order valence-electron chi connectivity index (χ2n) is 3.55. The predicted octanol–water partition coefficient (Wildman–Crippen LogP) is 4.18. The highest BCUT2D eigenvalue weighted by Gasteiger charge is 2.16. The highest BCUT2D eigenvalue weighted by atomic mass is 35.5. The van der Waals surface area contributed by atoms with E-state index < -0.39 is 11.8 Å². The number of esters is 1. The molecule has 19 heavy (non-hydrogen) atoms. The number of benzene rings is 1. The second-order valence-corrected chi connectivity index (χ2v) is 6.49. The van der Waals surface area contributed by atoms with Gasteiger partial charge in [0.15, 0.2) is 10.0 Å². The van der Waals surface area contributed by atoms with Crippen molar-refractivity contribution in [3.05, 3.63) is 39.6 Å². The summed E-state index contributed by atoms with van der Waals surface area (Å²) in [6, 6.07) is 4.43. The quantitative estimate of drug-likeness (QED) is 0.796. The highest BCUT2D eigenvalue weighted by Crippen LogP contribution is 2.34. The Bertz CT molecular complexity index is 630. The van der Waals surface area contributed by atoms with Gasteiger partial charge in [0.05, 0.1) is 12.1 Å². The van der Waals surface area contributed by atoms with Gasteiger partial charge in [-0.2, -0.15) is 0 Å². The fourth-order valence-electron chi connectivity index (χ4n) is 1.34. The molecule has 0 N–H and O–H groups in total. The summed E-state index contributed by atoms with van der Waals surface area (Å²) >= 11 is 8.41. The van der Waals surface area contributed by atoms with Crippen LogP contribution in [0.5, 0.6) is 0 Å². The number of halogens is 2. The molecule has 0 aliphatic rings. The number of hydrogen-bond donors (Lipinski definition) is 0. The number of aromatic nitrogens is 1. The van der Waals surface area contributed by atoms with Gasteiger partial charge >= 0.3 is 5.97 Å². The summed E-state index contributed by atoms with van der Waals surface area (Å²) in [6.45, 7) is 1.80. The van der Waals surface area contributed by atoms with E-state index in [1.54, 1.807) is 13.0 Å². The molecule has 1 aromatic carbocycles. The van der Waals surface area contributed by atoms with Crippen LogP contribution in [0.1, 0.15) is 15.4 Å². The third-order valence-corrected chi connectivity index (χ3v) is 4.56. The molecule has 1 heterocycles. The molecule has 0 bridgehead atoms. The predicted molar refractivity (Wildman–Crippen MR) is 73.7 cm³/mol. The van der Waals surface area contributed by atoms with Crippen LogP contribution in [0.25, 0.3) is 0 Å². The maximum absolute atomic E-state index is 13.0. The summed E-state index contributed by atoms with van der Waals surface area (Å²) in [6.07, 6.45) is 0. The fraction of sp³-hybridized carbons (Fsp3) is 0.167. The van der Waals surface area contributed by atoms with Crippen molar-refractivity contribution in [1.82, 2.24) is 4.98 Å². The normalized spacial score (nSPS) is 10.5. The molecule has 0 aliphatic heterocycles. The number of ether oxygens (including phenoxy) is 1. The average Bonchev–Trinajstić information content (AvgIpc) is 2.74. The Hall–Kier alpha value is -1.11. The van der Waals surface area contributed by atoms with E-state index >= 15 is 0 Å². The SMILES string of the molecule is COC(=O)c1nc(Sc2ccc(F)c(Cl)c2)sc1C. The number of methoxy groups -OCH3 is 1. The summed E-state index contributed by atoms with van der Waals surface area (Å²) in [7, 11) is 1.31. The number of thiazole rings is 1. The molecule has 0 radical (unpaired) electrons. The molecule has 100 valence electrons. The highest BCUT2D eigenvalue weighted by molar-refractivity contribution is 8.01. The van der Waals surface area contributed by atoms with Gasteiger partial charge < -0.3 is 4.74 Å². The lowest BCUT2D eigenvalue weighted by Crippen LogP contribution is -2.02. The first kappa shape index (κ1) is 14.3. The molecule has 2 rings (SSSR count). The van der Waals surface area contributed by atoms with Crippen LogP contribution in [0, 0.1) is 12.7 Å². The van der Waals surface area contributed by atoms with E-state index in [0.717, 1.165) is 9.77 Å². The molecule has 0 aliphatic carbocycles. The van der Waals surface area contributed by atoms with Crippen molar-refractivity contribution >= 4 is 40.7 Å². The lowest BCUT2D eigenvalue weighted by molar-refractivity contribution is 0.0593. The molecule has 0 fully saturated rings. The molecule has 3 nitrogen and oxygen atoms in total. The van der Waals surface area contributed by atoms with E-state index in [-0.39, 0.29) is 5.02 Å². The molecule has 7 heteroatoms. The maximum atomic E-state index is 13.0. The van der Waals surface area contributed by atoms with Gasteiger partial charge in [0.25, 0.3) is 0 Å². The number of rotatable bonds is 3.